The normalized spacial score (nSPS) is 10.3. The van der Waals surface area contributed by atoms with E-state index in [-0.39, 0.29) is 0 Å². The maximum atomic E-state index is 9.15. The average molecular weight is 260 g/mol. The van der Waals surface area contributed by atoms with E-state index in [4.69, 9.17) is 16.9 Å². The van der Waals surface area contributed by atoms with Gasteiger partial charge in [-0.3, -0.25) is 4.98 Å². The number of benzene rings is 1. The third-order valence-electron chi connectivity index (χ3n) is 2.90. The standard InChI is InChI=1S/C14H14ClN3/c1-3-6-17-14-10(7-16)8-18-13-9(2)12(15)5-4-11(13)14/h4-5,8H,3,6H2,1-2H3,(H,17,18). The van der Waals surface area contributed by atoms with E-state index in [1.54, 1.807) is 6.20 Å². The van der Waals surface area contributed by atoms with E-state index in [1.807, 2.05) is 19.1 Å². The zero-order valence-corrected chi connectivity index (χ0v) is 11.2. The summed E-state index contributed by atoms with van der Waals surface area (Å²) in [5, 5.41) is 14.1. The highest BCUT2D eigenvalue weighted by Gasteiger charge is 2.11. The van der Waals surface area contributed by atoms with Crippen molar-refractivity contribution in [3.8, 4) is 6.07 Å². The van der Waals surface area contributed by atoms with Crippen LogP contribution in [-0.2, 0) is 0 Å². The minimum atomic E-state index is 0.567. The van der Waals surface area contributed by atoms with E-state index in [9.17, 15) is 0 Å². The summed E-state index contributed by atoms with van der Waals surface area (Å²) in [5.74, 6) is 0. The maximum Gasteiger partial charge on any atom is 0.103 e. The van der Waals surface area contributed by atoms with Gasteiger partial charge in [0.05, 0.1) is 16.8 Å². The lowest BCUT2D eigenvalue weighted by Crippen LogP contribution is -2.03. The Morgan fingerprint density at radius 2 is 2.22 bits per heavy atom. The van der Waals surface area contributed by atoms with Crippen LogP contribution in [0.1, 0.15) is 24.5 Å². The summed E-state index contributed by atoms with van der Waals surface area (Å²) in [6, 6.07) is 5.93. The SMILES string of the molecule is CCCNc1c(C#N)cnc2c(C)c(Cl)ccc12. The fourth-order valence-corrected chi connectivity index (χ4v) is 2.06. The molecule has 3 nitrogen and oxygen atoms in total. The number of pyridine rings is 1. The summed E-state index contributed by atoms with van der Waals surface area (Å²) in [4.78, 5) is 4.33. The van der Waals surface area contributed by atoms with Crippen LogP contribution >= 0.6 is 11.6 Å². The van der Waals surface area contributed by atoms with E-state index >= 15 is 0 Å². The molecular weight excluding hydrogens is 246 g/mol. The molecule has 0 aliphatic carbocycles. The first-order valence-electron chi connectivity index (χ1n) is 5.90. The molecule has 1 aromatic carbocycles. The van der Waals surface area contributed by atoms with Crippen molar-refractivity contribution in [3.05, 3.63) is 34.5 Å². The second kappa shape index (κ2) is 5.24. The van der Waals surface area contributed by atoms with Gasteiger partial charge in [0, 0.05) is 23.2 Å². The monoisotopic (exact) mass is 259 g/mol. The van der Waals surface area contributed by atoms with Gasteiger partial charge in [0.2, 0.25) is 0 Å². The summed E-state index contributed by atoms with van der Waals surface area (Å²) >= 11 is 6.09. The quantitative estimate of drug-likeness (QED) is 0.910. The third-order valence-corrected chi connectivity index (χ3v) is 3.31. The number of hydrogen-bond acceptors (Lipinski definition) is 3. The molecule has 18 heavy (non-hydrogen) atoms. The molecule has 0 unspecified atom stereocenters. The molecule has 2 aromatic rings. The lowest BCUT2D eigenvalue weighted by atomic mass is 10.1. The van der Waals surface area contributed by atoms with Gasteiger partial charge in [-0.15, -0.1) is 0 Å². The van der Waals surface area contributed by atoms with Crippen molar-refractivity contribution in [1.29, 1.82) is 5.26 Å². The molecule has 1 aromatic heterocycles. The number of fused-ring (bicyclic) bond motifs is 1. The van der Waals surface area contributed by atoms with Gasteiger partial charge in [0.1, 0.15) is 6.07 Å². The van der Waals surface area contributed by atoms with Crippen LogP contribution in [0, 0.1) is 18.3 Å². The van der Waals surface area contributed by atoms with Crippen molar-refractivity contribution in [2.75, 3.05) is 11.9 Å². The fraction of sp³-hybridized carbons (Fsp3) is 0.286. The summed E-state index contributed by atoms with van der Waals surface area (Å²) < 4.78 is 0. The number of nitrogens with one attached hydrogen (secondary N) is 1. The highest BCUT2D eigenvalue weighted by atomic mass is 35.5. The van der Waals surface area contributed by atoms with Crippen LogP contribution in [-0.4, -0.2) is 11.5 Å². The van der Waals surface area contributed by atoms with E-state index in [1.165, 1.54) is 0 Å². The van der Waals surface area contributed by atoms with Gasteiger partial charge in [-0.1, -0.05) is 18.5 Å². The van der Waals surface area contributed by atoms with Crippen molar-refractivity contribution >= 4 is 28.2 Å². The topological polar surface area (TPSA) is 48.7 Å². The number of anilines is 1. The molecule has 4 heteroatoms. The Morgan fingerprint density at radius 1 is 1.44 bits per heavy atom. The number of nitriles is 1. The van der Waals surface area contributed by atoms with Crippen LogP contribution in [0.4, 0.5) is 5.69 Å². The van der Waals surface area contributed by atoms with Gasteiger partial charge in [-0.05, 0) is 31.0 Å². The van der Waals surface area contributed by atoms with Crippen molar-refractivity contribution < 1.29 is 0 Å². The predicted octanol–water partition coefficient (Wildman–Crippen LogP) is 3.89. The van der Waals surface area contributed by atoms with Crippen LogP contribution in [0.5, 0.6) is 0 Å². The van der Waals surface area contributed by atoms with E-state index in [2.05, 4.69) is 23.3 Å². The molecule has 2 rings (SSSR count). The van der Waals surface area contributed by atoms with E-state index in [0.717, 1.165) is 35.1 Å². The number of rotatable bonds is 3. The zero-order valence-electron chi connectivity index (χ0n) is 10.4. The van der Waals surface area contributed by atoms with Gasteiger partial charge in [-0.25, -0.2) is 0 Å². The Hall–Kier alpha value is -1.79. The predicted molar refractivity (Wildman–Crippen MR) is 75.0 cm³/mol. The Kier molecular flexibility index (Phi) is 3.69. The minimum absolute atomic E-state index is 0.567. The number of aromatic nitrogens is 1. The van der Waals surface area contributed by atoms with Crippen LogP contribution in [0.3, 0.4) is 0 Å². The Bertz CT molecular complexity index is 629. The van der Waals surface area contributed by atoms with Gasteiger partial charge in [-0.2, -0.15) is 5.26 Å². The maximum absolute atomic E-state index is 9.15. The molecule has 0 aliphatic rings. The minimum Gasteiger partial charge on any atom is -0.383 e. The smallest absolute Gasteiger partial charge is 0.103 e. The van der Waals surface area contributed by atoms with Crippen molar-refractivity contribution in [2.45, 2.75) is 20.3 Å². The van der Waals surface area contributed by atoms with Crippen molar-refractivity contribution in [2.24, 2.45) is 0 Å². The first kappa shape index (κ1) is 12.7. The molecule has 0 radical (unpaired) electrons. The van der Waals surface area contributed by atoms with Crippen molar-refractivity contribution in [3.63, 3.8) is 0 Å². The fourth-order valence-electron chi connectivity index (χ4n) is 1.91. The number of hydrogen-bond donors (Lipinski definition) is 1. The van der Waals surface area contributed by atoms with E-state index in [0.29, 0.717) is 10.6 Å². The summed E-state index contributed by atoms with van der Waals surface area (Å²) in [5.41, 5.74) is 3.21. The zero-order chi connectivity index (χ0) is 13.1. The summed E-state index contributed by atoms with van der Waals surface area (Å²) in [6.45, 7) is 4.85. The van der Waals surface area contributed by atoms with Gasteiger partial charge in [0.25, 0.3) is 0 Å². The van der Waals surface area contributed by atoms with Crippen molar-refractivity contribution in [1.82, 2.24) is 4.98 Å². The second-order valence-corrected chi connectivity index (χ2v) is 4.56. The third kappa shape index (κ3) is 2.12. The van der Waals surface area contributed by atoms with Gasteiger partial charge < -0.3 is 5.32 Å². The molecule has 0 bridgehead atoms. The van der Waals surface area contributed by atoms with Crippen LogP contribution in [0.2, 0.25) is 5.02 Å². The molecule has 0 spiro atoms. The molecule has 1 heterocycles. The largest absolute Gasteiger partial charge is 0.383 e. The molecule has 0 amide bonds. The molecule has 0 saturated carbocycles. The lowest BCUT2D eigenvalue weighted by molar-refractivity contribution is 0.980. The first-order valence-corrected chi connectivity index (χ1v) is 6.28. The lowest BCUT2D eigenvalue weighted by Gasteiger charge is -2.12. The average Bonchev–Trinajstić information content (AvgIpc) is 2.40. The number of halogens is 1. The molecule has 0 aliphatic heterocycles. The van der Waals surface area contributed by atoms with Crippen LogP contribution < -0.4 is 5.32 Å². The van der Waals surface area contributed by atoms with Gasteiger partial charge >= 0.3 is 0 Å². The first-order chi connectivity index (χ1) is 8.69. The van der Waals surface area contributed by atoms with Crippen LogP contribution in [0.15, 0.2) is 18.3 Å². The molecule has 92 valence electrons. The van der Waals surface area contributed by atoms with Gasteiger partial charge in [0.15, 0.2) is 0 Å². The van der Waals surface area contributed by atoms with Crippen LogP contribution in [0.25, 0.3) is 10.9 Å². The highest BCUT2D eigenvalue weighted by Crippen LogP contribution is 2.30. The molecule has 1 N–H and O–H groups in total. The molecule has 0 fully saturated rings. The summed E-state index contributed by atoms with van der Waals surface area (Å²) in [6.07, 6.45) is 2.60. The number of aryl methyl sites for hydroxylation is 1. The second-order valence-electron chi connectivity index (χ2n) is 4.15. The van der Waals surface area contributed by atoms with E-state index < -0.39 is 0 Å². The Labute approximate surface area is 111 Å². The highest BCUT2D eigenvalue weighted by molar-refractivity contribution is 6.32. The number of nitrogens with zero attached hydrogens (tertiary/aromatic N) is 2. The summed E-state index contributed by atoms with van der Waals surface area (Å²) in [7, 11) is 0. The molecular formula is C14H14ClN3. The Balaban J connectivity index is 2.70. The molecule has 0 saturated heterocycles. The Morgan fingerprint density at radius 3 is 2.89 bits per heavy atom. The molecule has 0 atom stereocenters.